The monoisotopic (exact) mass is 520 g/mol. The van der Waals surface area contributed by atoms with Crippen molar-refractivity contribution < 1.29 is 30.7 Å². The lowest BCUT2D eigenvalue weighted by Crippen LogP contribution is -2.50. The van der Waals surface area contributed by atoms with E-state index in [9.17, 15) is 21.2 Å². The van der Waals surface area contributed by atoms with E-state index in [2.05, 4.69) is 15.9 Å². The molecule has 2 heterocycles. The van der Waals surface area contributed by atoms with Gasteiger partial charge >= 0.3 is 0 Å². The summed E-state index contributed by atoms with van der Waals surface area (Å²) in [4.78, 5) is -0.393. The van der Waals surface area contributed by atoms with E-state index in [1.54, 1.807) is 6.07 Å². The van der Waals surface area contributed by atoms with Gasteiger partial charge < -0.3 is 9.47 Å². The third-order valence-corrected chi connectivity index (χ3v) is 9.18. The van der Waals surface area contributed by atoms with Crippen molar-refractivity contribution in [2.75, 3.05) is 39.4 Å². The summed E-state index contributed by atoms with van der Waals surface area (Å²) in [6, 6.07) is 8.09. The van der Waals surface area contributed by atoms with E-state index >= 15 is 0 Å². The standard InChI is InChI=1S/C18H18BrFN2O6S2/c19-13-1-4-18(15(20)11-13)30(25,26)22-7-5-21(6-8-22)29(23,24)14-2-3-16-17(12-14)28-10-9-27-16/h1-4,11-12H,5-10H2. The highest BCUT2D eigenvalue weighted by molar-refractivity contribution is 9.10. The number of rotatable bonds is 4. The van der Waals surface area contributed by atoms with Gasteiger partial charge in [-0.2, -0.15) is 8.61 Å². The summed E-state index contributed by atoms with van der Waals surface area (Å²) in [6.45, 7) is 0.472. The normalized spacial score (nSPS) is 18.3. The summed E-state index contributed by atoms with van der Waals surface area (Å²) >= 11 is 3.10. The maximum absolute atomic E-state index is 14.2. The van der Waals surface area contributed by atoms with Gasteiger partial charge in [0.25, 0.3) is 0 Å². The number of nitrogens with zero attached hydrogens (tertiary/aromatic N) is 2. The molecule has 2 aromatic carbocycles. The summed E-state index contributed by atoms with van der Waals surface area (Å²) in [7, 11) is -7.92. The lowest BCUT2D eigenvalue weighted by atomic mass is 10.3. The Morgan fingerprint density at radius 1 is 0.800 bits per heavy atom. The van der Waals surface area contributed by atoms with Crippen LogP contribution in [0, 0.1) is 5.82 Å². The third kappa shape index (κ3) is 3.94. The molecule has 8 nitrogen and oxygen atoms in total. The summed E-state index contributed by atoms with van der Waals surface area (Å²) in [5, 5.41) is 0. The van der Waals surface area contributed by atoms with Crippen LogP contribution >= 0.6 is 15.9 Å². The number of ether oxygens (including phenoxy) is 2. The first-order chi connectivity index (χ1) is 14.2. The van der Waals surface area contributed by atoms with Gasteiger partial charge in [0.2, 0.25) is 20.0 Å². The fourth-order valence-corrected chi connectivity index (χ4v) is 6.55. The second-order valence-corrected chi connectivity index (χ2v) is 11.4. The van der Waals surface area contributed by atoms with Crippen LogP contribution in [-0.2, 0) is 20.0 Å². The Kier molecular flexibility index (Phi) is 5.79. The molecule has 1 fully saturated rings. The van der Waals surface area contributed by atoms with Crippen LogP contribution in [0.25, 0.3) is 0 Å². The van der Waals surface area contributed by atoms with Gasteiger partial charge in [-0.25, -0.2) is 21.2 Å². The maximum atomic E-state index is 14.2. The van der Waals surface area contributed by atoms with Crippen molar-refractivity contribution in [2.24, 2.45) is 0 Å². The molecule has 0 spiro atoms. The largest absolute Gasteiger partial charge is 0.486 e. The topological polar surface area (TPSA) is 93.2 Å². The van der Waals surface area contributed by atoms with Gasteiger partial charge in [-0.3, -0.25) is 0 Å². The predicted octanol–water partition coefficient (Wildman–Crippen LogP) is 2.05. The minimum Gasteiger partial charge on any atom is -0.486 e. The highest BCUT2D eigenvalue weighted by Gasteiger charge is 2.35. The number of fused-ring (bicyclic) bond motifs is 1. The smallest absolute Gasteiger partial charge is 0.246 e. The van der Waals surface area contributed by atoms with Gasteiger partial charge in [-0.05, 0) is 30.3 Å². The third-order valence-electron chi connectivity index (χ3n) is 4.86. The lowest BCUT2D eigenvalue weighted by molar-refractivity contribution is 0.171. The molecule has 1 saturated heterocycles. The second kappa shape index (κ2) is 8.08. The zero-order valence-electron chi connectivity index (χ0n) is 15.6. The molecule has 2 aliphatic rings. The van der Waals surface area contributed by atoms with Gasteiger partial charge in [-0.15, -0.1) is 0 Å². The van der Waals surface area contributed by atoms with E-state index in [-0.39, 0.29) is 31.1 Å². The Morgan fingerprint density at radius 2 is 1.40 bits per heavy atom. The molecule has 0 bridgehead atoms. The highest BCUT2D eigenvalue weighted by Crippen LogP contribution is 2.33. The van der Waals surface area contributed by atoms with E-state index in [0.29, 0.717) is 29.2 Å². The van der Waals surface area contributed by atoms with E-state index in [0.717, 1.165) is 10.4 Å². The minimum atomic E-state index is -4.08. The van der Waals surface area contributed by atoms with Crippen LogP contribution in [0.15, 0.2) is 50.7 Å². The molecule has 2 aliphatic heterocycles. The average molecular weight is 521 g/mol. The summed E-state index contributed by atoms with van der Waals surface area (Å²) < 4.78 is 79.3. The van der Waals surface area contributed by atoms with Crippen LogP contribution in [0.4, 0.5) is 4.39 Å². The summed E-state index contributed by atoms with van der Waals surface area (Å²) in [5.74, 6) is -0.0300. The van der Waals surface area contributed by atoms with E-state index in [1.165, 1.54) is 28.6 Å². The first-order valence-corrected chi connectivity index (χ1v) is 12.7. The number of sulfonamides is 2. The van der Waals surface area contributed by atoms with Crippen LogP contribution in [0.1, 0.15) is 0 Å². The van der Waals surface area contributed by atoms with Crippen LogP contribution in [0.5, 0.6) is 11.5 Å². The number of hydrogen-bond acceptors (Lipinski definition) is 6. The van der Waals surface area contributed by atoms with Gasteiger partial charge in [0.15, 0.2) is 11.5 Å². The number of hydrogen-bond donors (Lipinski definition) is 0. The fraction of sp³-hybridized carbons (Fsp3) is 0.333. The van der Waals surface area contributed by atoms with Crippen molar-refractivity contribution in [1.82, 2.24) is 8.61 Å². The van der Waals surface area contributed by atoms with Crippen molar-refractivity contribution in [2.45, 2.75) is 9.79 Å². The Balaban J connectivity index is 1.51. The zero-order valence-corrected chi connectivity index (χ0v) is 18.8. The van der Waals surface area contributed by atoms with E-state index in [4.69, 9.17) is 9.47 Å². The SMILES string of the molecule is O=S(=O)(c1ccc2c(c1)OCCO2)N1CCN(S(=O)(=O)c2ccc(Br)cc2F)CC1. The Bertz CT molecular complexity index is 1180. The molecule has 0 amide bonds. The quantitative estimate of drug-likeness (QED) is 0.612. The first kappa shape index (κ1) is 21.5. The molecule has 2 aromatic rings. The van der Waals surface area contributed by atoms with Crippen molar-refractivity contribution in [3.05, 3.63) is 46.7 Å². The molecule has 12 heteroatoms. The van der Waals surface area contributed by atoms with Crippen molar-refractivity contribution in [3.63, 3.8) is 0 Å². The molecule has 4 rings (SSSR count). The molecule has 30 heavy (non-hydrogen) atoms. The van der Waals surface area contributed by atoms with Crippen molar-refractivity contribution in [3.8, 4) is 11.5 Å². The molecular formula is C18H18BrFN2O6S2. The van der Waals surface area contributed by atoms with Crippen LogP contribution in [-0.4, -0.2) is 64.8 Å². The van der Waals surface area contributed by atoms with Crippen LogP contribution < -0.4 is 9.47 Å². The van der Waals surface area contributed by atoms with Crippen LogP contribution in [0.2, 0.25) is 0 Å². The van der Waals surface area contributed by atoms with Crippen molar-refractivity contribution in [1.29, 1.82) is 0 Å². The lowest BCUT2D eigenvalue weighted by Gasteiger charge is -2.33. The molecule has 0 saturated carbocycles. The molecule has 0 N–H and O–H groups in total. The maximum Gasteiger partial charge on any atom is 0.246 e. The number of benzene rings is 2. The molecule has 0 radical (unpaired) electrons. The Labute approximate surface area is 182 Å². The average Bonchev–Trinajstić information content (AvgIpc) is 2.73. The summed E-state index contributed by atoms with van der Waals surface area (Å²) in [5.41, 5.74) is 0. The zero-order chi connectivity index (χ0) is 21.5. The second-order valence-electron chi connectivity index (χ2n) is 6.69. The van der Waals surface area contributed by atoms with Gasteiger partial charge in [0.1, 0.15) is 23.9 Å². The first-order valence-electron chi connectivity index (χ1n) is 9.04. The van der Waals surface area contributed by atoms with Crippen molar-refractivity contribution >= 4 is 36.0 Å². The molecule has 0 unspecified atom stereocenters. The van der Waals surface area contributed by atoms with Gasteiger partial charge in [-0.1, -0.05) is 15.9 Å². The van der Waals surface area contributed by atoms with Gasteiger partial charge in [0, 0.05) is 36.7 Å². The summed E-state index contributed by atoms with van der Waals surface area (Å²) in [6.07, 6.45) is 0. The Morgan fingerprint density at radius 3 is 2.03 bits per heavy atom. The molecular weight excluding hydrogens is 503 g/mol. The molecule has 0 aromatic heterocycles. The van der Waals surface area contributed by atoms with E-state index < -0.39 is 30.8 Å². The van der Waals surface area contributed by atoms with Crippen LogP contribution in [0.3, 0.4) is 0 Å². The molecule has 0 aliphatic carbocycles. The molecule has 0 atom stereocenters. The molecule has 162 valence electrons. The Hall–Kier alpha value is -1.73. The fourth-order valence-electron chi connectivity index (χ4n) is 3.31. The predicted molar refractivity (Wildman–Crippen MR) is 109 cm³/mol. The van der Waals surface area contributed by atoms with E-state index in [1.807, 2.05) is 0 Å². The number of piperazine rings is 1. The highest BCUT2D eigenvalue weighted by atomic mass is 79.9. The number of halogens is 2. The minimum absolute atomic E-state index is 0.0435. The van der Waals surface area contributed by atoms with Gasteiger partial charge in [0.05, 0.1) is 4.90 Å².